The summed E-state index contributed by atoms with van der Waals surface area (Å²) in [5.74, 6) is 0.768. The minimum Gasteiger partial charge on any atom is -0.387 e. The molecule has 0 aromatic carbocycles. The molecule has 0 radical (unpaired) electrons. The number of piperidine rings is 1. The van der Waals surface area contributed by atoms with Crippen LogP contribution in [0.2, 0.25) is 0 Å². The monoisotopic (exact) mass is 234 g/mol. The van der Waals surface area contributed by atoms with Crippen molar-refractivity contribution in [2.45, 2.75) is 39.2 Å². The quantitative estimate of drug-likeness (QED) is 0.873. The van der Waals surface area contributed by atoms with Gasteiger partial charge in [0.2, 0.25) is 0 Å². The molecular weight excluding hydrogens is 212 g/mol. The third kappa shape index (κ3) is 2.97. The lowest BCUT2D eigenvalue weighted by Gasteiger charge is -2.32. The molecule has 0 spiro atoms. The molecule has 1 aromatic heterocycles. The molecule has 17 heavy (non-hydrogen) atoms. The molecule has 0 bridgehead atoms. The molecule has 3 nitrogen and oxygen atoms in total. The maximum absolute atomic E-state index is 9.70. The van der Waals surface area contributed by atoms with Crippen molar-refractivity contribution in [2.75, 3.05) is 18.0 Å². The van der Waals surface area contributed by atoms with E-state index < -0.39 is 6.10 Å². The van der Waals surface area contributed by atoms with E-state index in [0.29, 0.717) is 6.42 Å². The van der Waals surface area contributed by atoms with Crippen LogP contribution in [0.5, 0.6) is 0 Å². The Balaban J connectivity index is 2.06. The third-order valence-electron chi connectivity index (χ3n) is 3.52. The van der Waals surface area contributed by atoms with Gasteiger partial charge in [0.15, 0.2) is 0 Å². The van der Waals surface area contributed by atoms with Crippen molar-refractivity contribution in [1.82, 2.24) is 4.98 Å². The average molecular weight is 234 g/mol. The molecule has 1 fully saturated rings. The lowest BCUT2D eigenvalue weighted by molar-refractivity contribution is 0.169. The molecule has 1 aromatic rings. The van der Waals surface area contributed by atoms with Crippen LogP contribution in [-0.4, -0.2) is 23.2 Å². The summed E-state index contributed by atoms with van der Waals surface area (Å²) in [6, 6.07) is 4.03. The van der Waals surface area contributed by atoms with Crippen molar-refractivity contribution >= 4 is 5.69 Å². The number of nitrogens with zero attached hydrogens (tertiary/aromatic N) is 2. The lowest BCUT2D eigenvalue weighted by Crippen LogP contribution is -2.34. The molecule has 1 N–H and O–H groups in total. The fourth-order valence-electron chi connectivity index (χ4n) is 2.41. The third-order valence-corrected chi connectivity index (χ3v) is 3.52. The number of pyridine rings is 1. The largest absolute Gasteiger partial charge is 0.387 e. The minimum absolute atomic E-state index is 0.427. The highest BCUT2D eigenvalue weighted by atomic mass is 16.3. The van der Waals surface area contributed by atoms with Gasteiger partial charge in [-0.25, -0.2) is 0 Å². The van der Waals surface area contributed by atoms with Crippen LogP contribution in [0.4, 0.5) is 5.69 Å². The van der Waals surface area contributed by atoms with Crippen molar-refractivity contribution in [3.8, 4) is 0 Å². The van der Waals surface area contributed by atoms with Gasteiger partial charge >= 0.3 is 0 Å². The van der Waals surface area contributed by atoms with Crippen LogP contribution in [0.25, 0.3) is 0 Å². The second kappa shape index (κ2) is 5.50. The first kappa shape index (κ1) is 12.4. The number of aromatic nitrogens is 1. The summed E-state index contributed by atoms with van der Waals surface area (Å²) in [4.78, 5) is 6.75. The zero-order valence-electron chi connectivity index (χ0n) is 10.8. The number of hydrogen-bond acceptors (Lipinski definition) is 3. The molecule has 0 amide bonds. The molecular formula is C14H22N2O. The van der Waals surface area contributed by atoms with E-state index in [0.717, 1.165) is 24.7 Å². The van der Waals surface area contributed by atoms with E-state index in [4.69, 9.17) is 0 Å². The topological polar surface area (TPSA) is 36.4 Å². The van der Waals surface area contributed by atoms with Crippen molar-refractivity contribution in [2.24, 2.45) is 5.92 Å². The molecule has 1 aliphatic heterocycles. The Morgan fingerprint density at radius 1 is 1.53 bits per heavy atom. The van der Waals surface area contributed by atoms with E-state index in [9.17, 15) is 5.11 Å². The van der Waals surface area contributed by atoms with Gasteiger partial charge in [-0.2, -0.15) is 0 Å². The molecule has 2 rings (SSSR count). The zero-order valence-corrected chi connectivity index (χ0v) is 10.8. The molecule has 1 aliphatic rings. The van der Waals surface area contributed by atoms with Gasteiger partial charge in [-0.05, 0) is 37.3 Å². The van der Waals surface area contributed by atoms with E-state index >= 15 is 0 Å². The Kier molecular flexibility index (Phi) is 4.00. The lowest BCUT2D eigenvalue weighted by atomic mass is 10.00. The molecule has 3 heteroatoms. The van der Waals surface area contributed by atoms with E-state index in [2.05, 4.69) is 22.9 Å². The minimum atomic E-state index is -0.427. The molecule has 0 aliphatic carbocycles. The first-order chi connectivity index (χ1) is 8.20. The van der Waals surface area contributed by atoms with Crippen LogP contribution in [0.3, 0.4) is 0 Å². The standard InChI is InChI=1S/C14H22N2O/c1-3-14(17)13-7-6-12(9-15-13)16-8-4-5-11(2)10-16/h6-7,9,11,14,17H,3-5,8,10H2,1-2H3/t11?,14-/m0/s1. The number of aliphatic hydroxyl groups is 1. The van der Waals surface area contributed by atoms with Gasteiger partial charge in [-0.1, -0.05) is 13.8 Å². The Morgan fingerprint density at radius 3 is 2.94 bits per heavy atom. The highest BCUT2D eigenvalue weighted by Gasteiger charge is 2.17. The average Bonchev–Trinajstić information content (AvgIpc) is 2.38. The van der Waals surface area contributed by atoms with Gasteiger partial charge in [0.25, 0.3) is 0 Å². The maximum atomic E-state index is 9.70. The fraction of sp³-hybridized carbons (Fsp3) is 0.643. The first-order valence-corrected chi connectivity index (χ1v) is 6.59. The number of rotatable bonds is 3. The summed E-state index contributed by atoms with van der Waals surface area (Å²) < 4.78 is 0. The highest BCUT2D eigenvalue weighted by Crippen LogP contribution is 2.23. The zero-order chi connectivity index (χ0) is 12.3. The molecule has 1 saturated heterocycles. The smallest absolute Gasteiger partial charge is 0.0957 e. The predicted molar refractivity (Wildman–Crippen MR) is 70.1 cm³/mol. The molecule has 0 saturated carbocycles. The molecule has 1 unspecified atom stereocenters. The van der Waals surface area contributed by atoms with Gasteiger partial charge in [-0.3, -0.25) is 4.98 Å². The maximum Gasteiger partial charge on any atom is 0.0957 e. The number of aliphatic hydroxyl groups excluding tert-OH is 1. The molecule has 2 heterocycles. The molecule has 94 valence electrons. The van der Waals surface area contributed by atoms with Crippen LogP contribution in [0.15, 0.2) is 18.3 Å². The Hall–Kier alpha value is -1.09. The summed E-state index contributed by atoms with van der Waals surface area (Å²) in [6.45, 7) is 6.51. The van der Waals surface area contributed by atoms with E-state index in [1.54, 1.807) is 0 Å². The van der Waals surface area contributed by atoms with Crippen LogP contribution >= 0.6 is 0 Å². The van der Waals surface area contributed by atoms with Crippen LogP contribution in [0.1, 0.15) is 44.9 Å². The second-order valence-corrected chi connectivity index (χ2v) is 5.06. The Bertz CT molecular complexity index is 350. The van der Waals surface area contributed by atoms with Crippen LogP contribution in [0, 0.1) is 5.92 Å². The Morgan fingerprint density at radius 2 is 2.35 bits per heavy atom. The van der Waals surface area contributed by atoms with E-state index in [1.807, 2.05) is 19.2 Å². The van der Waals surface area contributed by atoms with Gasteiger partial charge in [0, 0.05) is 13.1 Å². The van der Waals surface area contributed by atoms with Crippen molar-refractivity contribution in [3.63, 3.8) is 0 Å². The second-order valence-electron chi connectivity index (χ2n) is 5.06. The van der Waals surface area contributed by atoms with Gasteiger partial charge in [-0.15, -0.1) is 0 Å². The van der Waals surface area contributed by atoms with Gasteiger partial charge in [0.05, 0.1) is 23.7 Å². The summed E-state index contributed by atoms with van der Waals surface area (Å²) in [7, 11) is 0. The summed E-state index contributed by atoms with van der Waals surface area (Å²) in [5.41, 5.74) is 1.96. The Labute approximate surface area is 103 Å². The molecule has 2 atom stereocenters. The normalized spacial score (nSPS) is 22.5. The number of anilines is 1. The van der Waals surface area contributed by atoms with Crippen LogP contribution < -0.4 is 4.90 Å². The summed E-state index contributed by atoms with van der Waals surface area (Å²) >= 11 is 0. The van der Waals surface area contributed by atoms with Gasteiger partial charge in [0.1, 0.15) is 0 Å². The number of hydrogen-bond donors (Lipinski definition) is 1. The van der Waals surface area contributed by atoms with Gasteiger partial charge < -0.3 is 10.0 Å². The first-order valence-electron chi connectivity index (χ1n) is 6.59. The van der Waals surface area contributed by atoms with Crippen molar-refractivity contribution < 1.29 is 5.11 Å². The predicted octanol–water partition coefficient (Wildman–Crippen LogP) is 2.76. The van der Waals surface area contributed by atoms with Crippen molar-refractivity contribution in [3.05, 3.63) is 24.0 Å². The fourth-order valence-corrected chi connectivity index (χ4v) is 2.41. The SMILES string of the molecule is CC[C@H](O)c1ccc(N2CCCC(C)C2)cn1. The van der Waals surface area contributed by atoms with E-state index in [1.165, 1.54) is 18.5 Å². The van der Waals surface area contributed by atoms with Crippen molar-refractivity contribution in [1.29, 1.82) is 0 Å². The summed E-state index contributed by atoms with van der Waals surface area (Å²) in [5, 5.41) is 9.70. The highest BCUT2D eigenvalue weighted by molar-refractivity contribution is 5.45. The van der Waals surface area contributed by atoms with Crippen LogP contribution in [-0.2, 0) is 0 Å². The van der Waals surface area contributed by atoms with E-state index in [-0.39, 0.29) is 0 Å². The summed E-state index contributed by atoms with van der Waals surface area (Å²) in [6.07, 6.45) is 4.78.